The molecule has 6 nitrogen and oxygen atoms in total. The Morgan fingerprint density at radius 3 is 2.73 bits per heavy atom. The number of nitrogens with one attached hydrogen (secondary N) is 1. The Hall–Kier alpha value is -2.87. The normalized spacial score (nSPS) is 11.1. The Balaban J connectivity index is 2.26. The van der Waals surface area contributed by atoms with Crippen molar-refractivity contribution in [3.8, 4) is 11.1 Å². The lowest BCUT2D eigenvalue weighted by atomic mass is 10.1. The van der Waals surface area contributed by atoms with E-state index in [4.69, 9.17) is 5.73 Å². The van der Waals surface area contributed by atoms with Crippen molar-refractivity contribution in [2.45, 2.75) is 19.4 Å². The first-order valence-electron chi connectivity index (χ1n) is 8.29. The molecule has 0 spiro atoms. The molecule has 136 valence electrons. The second-order valence-corrected chi connectivity index (χ2v) is 5.86. The molecule has 0 unspecified atom stereocenters. The standard InChI is InChI=1S/C18H19F2N5O/c1-22-18-23-10-11-8-14(13-9-12(19)4-5-15(13)20)17(26)25(16(11)24-18)7-3-2-6-21/h4-5,8-10H,2-3,6-7,21H2,1H3,(H,22,23,24). The van der Waals surface area contributed by atoms with Crippen molar-refractivity contribution in [2.24, 2.45) is 5.73 Å². The van der Waals surface area contributed by atoms with E-state index in [2.05, 4.69) is 15.3 Å². The largest absolute Gasteiger partial charge is 0.357 e. The average molecular weight is 359 g/mol. The van der Waals surface area contributed by atoms with Crippen molar-refractivity contribution in [2.75, 3.05) is 18.9 Å². The highest BCUT2D eigenvalue weighted by molar-refractivity contribution is 5.81. The van der Waals surface area contributed by atoms with E-state index in [1.807, 2.05) is 0 Å². The second kappa shape index (κ2) is 7.57. The molecule has 2 aromatic heterocycles. The molecule has 26 heavy (non-hydrogen) atoms. The van der Waals surface area contributed by atoms with Crippen molar-refractivity contribution in [3.63, 3.8) is 0 Å². The van der Waals surface area contributed by atoms with Crippen LogP contribution in [0.15, 0.2) is 35.3 Å². The SMILES string of the molecule is CNc1ncc2cc(-c3cc(F)ccc3F)c(=O)n(CCCCN)c2n1. The quantitative estimate of drug-likeness (QED) is 0.661. The number of nitrogens with zero attached hydrogens (tertiary/aromatic N) is 3. The van der Waals surface area contributed by atoms with Gasteiger partial charge in [-0.2, -0.15) is 4.98 Å². The van der Waals surface area contributed by atoms with Crippen LogP contribution in [0.25, 0.3) is 22.2 Å². The first-order chi connectivity index (χ1) is 12.5. The van der Waals surface area contributed by atoms with Crippen LogP contribution in [0.1, 0.15) is 12.8 Å². The van der Waals surface area contributed by atoms with Gasteiger partial charge in [-0.05, 0) is 43.7 Å². The third-order valence-corrected chi connectivity index (χ3v) is 4.11. The first-order valence-corrected chi connectivity index (χ1v) is 8.29. The van der Waals surface area contributed by atoms with Crippen molar-refractivity contribution >= 4 is 17.0 Å². The Labute approximate surface area is 148 Å². The smallest absolute Gasteiger partial charge is 0.260 e. The van der Waals surface area contributed by atoms with Crippen LogP contribution in [0, 0.1) is 11.6 Å². The zero-order valence-electron chi connectivity index (χ0n) is 14.3. The lowest BCUT2D eigenvalue weighted by Gasteiger charge is -2.13. The highest BCUT2D eigenvalue weighted by Crippen LogP contribution is 2.24. The molecule has 0 saturated heterocycles. The van der Waals surface area contributed by atoms with Crippen molar-refractivity contribution < 1.29 is 8.78 Å². The van der Waals surface area contributed by atoms with Crippen LogP contribution in [0.4, 0.5) is 14.7 Å². The van der Waals surface area contributed by atoms with E-state index in [0.29, 0.717) is 36.5 Å². The Kier molecular flexibility index (Phi) is 5.22. The van der Waals surface area contributed by atoms with Crippen LogP contribution in [0.5, 0.6) is 0 Å². The lowest BCUT2D eigenvalue weighted by molar-refractivity contribution is 0.599. The van der Waals surface area contributed by atoms with Crippen LogP contribution >= 0.6 is 0 Å². The monoisotopic (exact) mass is 359 g/mol. The first kappa shape index (κ1) is 17.9. The summed E-state index contributed by atoms with van der Waals surface area (Å²) >= 11 is 0. The predicted molar refractivity (Wildman–Crippen MR) is 97.0 cm³/mol. The number of fused-ring (bicyclic) bond motifs is 1. The number of aryl methyl sites for hydroxylation is 1. The highest BCUT2D eigenvalue weighted by Gasteiger charge is 2.16. The maximum atomic E-state index is 14.2. The summed E-state index contributed by atoms with van der Waals surface area (Å²) in [6, 6.07) is 4.54. The molecule has 8 heteroatoms. The van der Waals surface area contributed by atoms with Gasteiger partial charge < -0.3 is 11.1 Å². The summed E-state index contributed by atoms with van der Waals surface area (Å²) in [6.45, 7) is 0.874. The van der Waals surface area contributed by atoms with Crippen LogP contribution in [-0.4, -0.2) is 28.1 Å². The molecule has 0 aliphatic rings. The maximum Gasteiger partial charge on any atom is 0.260 e. The van der Waals surface area contributed by atoms with E-state index in [-0.39, 0.29) is 11.1 Å². The summed E-state index contributed by atoms with van der Waals surface area (Å²) in [6.07, 6.45) is 2.95. The summed E-state index contributed by atoms with van der Waals surface area (Å²) < 4.78 is 29.3. The molecule has 0 saturated carbocycles. The Morgan fingerprint density at radius 2 is 2.00 bits per heavy atom. The van der Waals surface area contributed by atoms with Gasteiger partial charge in [-0.15, -0.1) is 0 Å². The number of nitrogens with two attached hydrogens (primary N) is 1. The van der Waals surface area contributed by atoms with E-state index >= 15 is 0 Å². The van der Waals surface area contributed by atoms with E-state index in [0.717, 1.165) is 24.6 Å². The van der Waals surface area contributed by atoms with Gasteiger partial charge in [0, 0.05) is 30.7 Å². The van der Waals surface area contributed by atoms with E-state index in [1.165, 1.54) is 10.6 Å². The summed E-state index contributed by atoms with van der Waals surface area (Å²) in [5.41, 5.74) is 5.53. The number of hydrogen-bond acceptors (Lipinski definition) is 5. The van der Waals surface area contributed by atoms with Gasteiger partial charge >= 0.3 is 0 Å². The average Bonchev–Trinajstić information content (AvgIpc) is 2.65. The third-order valence-electron chi connectivity index (χ3n) is 4.11. The number of unbranched alkanes of at least 4 members (excludes halogenated alkanes) is 1. The van der Waals surface area contributed by atoms with Crippen molar-refractivity contribution in [3.05, 3.63) is 52.5 Å². The fourth-order valence-corrected chi connectivity index (χ4v) is 2.80. The van der Waals surface area contributed by atoms with E-state index in [9.17, 15) is 13.6 Å². The molecule has 0 amide bonds. The molecule has 3 N–H and O–H groups in total. The molecule has 0 aliphatic heterocycles. The van der Waals surface area contributed by atoms with Gasteiger partial charge in [0.1, 0.15) is 17.3 Å². The predicted octanol–water partition coefficient (Wildman–Crippen LogP) is 2.52. The molecule has 3 aromatic rings. The molecule has 3 rings (SSSR count). The topological polar surface area (TPSA) is 85.8 Å². The molecular weight excluding hydrogens is 340 g/mol. The molecule has 1 aromatic carbocycles. The zero-order valence-corrected chi connectivity index (χ0v) is 14.3. The number of rotatable bonds is 6. The van der Waals surface area contributed by atoms with Gasteiger partial charge in [-0.3, -0.25) is 9.36 Å². The van der Waals surface area contributed by atoms with Crippen LogP contribution in [0.3, 0.4) is 0 Å². The molecule has 0 fully saturated rings. The van der Waals surface area contributed by atoms with Crippen LogP contribution in [0.2, 0.25) is 0 Å². The Morgan fingerprint density at radius 1 is 1.19 bits per heavy atom. The van der Waals surface area contributed by atoms with E-state index in [1.54, 1.807) is 13.2 Å². The van der Waals surface area contributed by atoms with Gasteiger partial charge in [0.25, 0.3) is 5.56 Å². The van der Waals surface area contributed by atoms with Crippen molar-refractivity contribution in [1.82, 2.24) is 14.5 Å². The second-order valence-electron chi connectivity index (χ2n) is 5.86. The van der Waals surface area contributed by atoms with Gasteiger partial charge in [-0.25, -0.2) is 13.8 Å². The number of hydrogen-bond donors (Lipinski definition) is 2. The lowest BCUT2D eigenvalue weighted by Crippen LogP contribution is -2.24. The van der Waals surface area contributed by atoms with Gasteiger partial charge in [0.2, 0.25) is 5.95 Å². The minimum atomic E-state index is -0.663. The summed E-state index contributed by atoms with van der Waals surface area (Å²) in [5.74, 6) is -0.907. The summed E-state index contributed by atoms with van der Waals surface area (Å²) in [5, 5.41) is 3.39. The number of anilines is 1. The Bertz CT molecular complexity index is 1000. The van der Waals surface area contributed by atoms with Crippen LogP contribution in [-0.2, 0) is 6.54 Å². The minimum Gasteiger partial charge on any atom is -0.357 e. The zero-order chi connectivity index (χ0) is 18.7. The van der Waals surface area contributed by atoms with Crippen molar-refractivity contribution in [1.29, 1.82) is 0 Å². The number of halogens is 2. The fraction of sp³-hybridized carbons (Fsp3) is 0.278. The highest BCUT2D eigenvalue weighted by atomic mass is 19.1. The molecule has 0 aliphatic carbocycles. The third kappa shape index (κ3) is 3.41. The molecule has 0 radical (unpaired) electrons. The number of aromatic nitrogens is 3. The summed E-state index contributed by atoms with van der Waals surface area (Å²) in [7, 11) is 1.68. The number of pyridine rings is 1. The summed E-state index contributed by atoms with van der Waals surface area (Å²) in [4.78, 5) is 21.5. The molecule has 2 heterocycles. The van der Waals surface area contributed by atoms with Gasteiger partial charge in [0.05, 0.1) is 5.56 Å². The minimum absolute atomic E-state index is 0.0723. The maximum absolute atomic E-state index is 14.2. The van der Waals surface area contributed by atoms with Crippen LogP contribution < -0.4 is 16.6 Å². The molecule has 0 atom stereocenters. The molecule has 0 bridgehead atoms. The van der Waals surface area contributed by atoms with E-state index < -0.39 is 17.2 Å². The fourth-order valence-electron chi connectivity index (χ4n) is 2.80. The molecular formula is C18H19F2N5O. The van der Waals surface area contributed by atoms with Gasteiger partial charge in [0.15, 0.2) is 0 Å². The number of benzene rings is 1. The van der Waals surface area contributed by atoms with Gasteiger partial charge in [-0.1, -0.05) is 0 Å².